The van der Waals surface area contributed by atoms with Crippen LogP contribution in [0.5, 0.6) is 11.5 Å². The van der Waals surface area contributed by atoms with Crippen LogP contribution < -0.4 is 19.9 Å². The van der Waals surface area contributed by atoms with Gasteiger partial charge in [-0.15, -0.1) is 0 Å². The summed E-state index contributed by atoms with van der Waals surface area (Å²) in [6.07, 6.45) is 0. The molecule has 2 aromatic rings. The lowest BCUT2D eigenvalue weighted by Gasteiger charge is -2.11. The van der Waals surface area contributed by atoms with Crippen LogP contribution in [-0.2, 0) is 10.0 Å². The molecule has 0 aliphatic heterocycles. The lowest BCUT2D eigenvalue weighted by molar-refractivity contribution is 0.102. The van der Waals surface area contributed by atoms with Gasteiger partial charge in [0.2, 0.25) is 10.0 Å². The van der Waals surface area contributed by atoms with Crippen LogP contribution in [0.15, 0.2) is 41.3 Å². The van der Waals surface area contributed by atoms with Crippen molar-refractivity contribution in [2.75, 3.05) is 19.5 Å². The topological polar surface area (TPSA) is 108 Å². The van der Waals surface area contributed by atoms with Gasteiger partial charge in [-0.3, -0.25) is 4.79 Å². The van der Waals surface area contributed by atoms with Crippen LogP contribution in [-0.4, -0.2) is 28.5 Å². The smallest absolute Gasteiger partial charge is 0.255 e. The highest BCUT2D eigenvalue weighted by atomic mass is 32.2. The minimum atomic E-state index is -3.87. The predicted octanol–water partition coefficient (Wildman–Crippen LogP) is 1.91. The van der Waals surface area contributed by atoms with Crippen molar-refractivity contribution in [2.24, 2.45) is 5.14 Å². The number of nitrogens with two attached hydrogens (primary N) is 1. The highest BCUT2D eigenvalue weighted by Crippen LogP contribution is 2.24. The van der Waals surface area contributed by atoms with Crippen LogP contribution in [0.4, 0.5) is 5.69 Å². The SMILES string of the molecule is COc1cc(OC)cc(C(=O)Nc2ccc(C)c(S(N)(=O)=O)c2)c1. The first kappa shape index (κ1) is 17.8. The van der Waals surface area contributed by atoms with Gasteiger partial charge < -0.3 is 14.8 Å². The van der Waals surface area contributed by atoms with Crippen LogP contribution in [0.25, 0.3) is 0 Å². The van der Waals surface area contributed by atoms with Gasteiger partial charge in [0.1, 0.15) is 11.5 Å². The number of ether oxygens (including phenoxy) is 2. The van der Waals surface area contributed by atoms with Gasteiger partial charge in [-0.2, -0.15) is 0 Å². The Kier molecular flexibility index (Phi) is 5.10. The first-order valence-electron chi connectivity index (χ1n) is 6.92. The zero-order chi connectivity index (χ0) is 17.9. The van der Waals surface area contributed by atoms with Crippen molar-refractivity contribution in [3.8, 4) is 11.5 Å². The largest absolute Gasteiger partial charge is 0.497 e. The molecular weight excluding hydrogens is 332 g/mol. The van der Waals surface area contributed by atoms with Gasteiger partial charge in [0, 0.05) is 17.3 Å². The number of primary sulfonamides is 1. The van der Waals surface area contributed by atoms with Gasteiger partial charge >= 0.3 is 0 Å². The summed E-state index contributed by atoms with van der Waals surface area (Å²) in [5.74, 6) is 0.499. The molecule has 0 spiro atoms. The molecule has 0 radical (unpaired) electrons. The fourth-order valence-electron chi connectivity index (χ4n) is 2.13. The normalized spacial score (nSPS) is 11.0. The molecular formula is C16H18N2O5S. The van der Waals surface area contributed by atoms with E-state index in [0.29, 0.717) is 28.3 Å². The lowest BCUT2D eigenvalue weighted by Crippen LogP contribution is -2.16. The summed E-state index contributed by atoms with van der Waals surface area (Å²) in [4.78, 5) is 12.4. The first-order chi connectivity index (χ1) is 11.2. The molecule has 0 heterocycles. The van der Waals surface area contributed by atoms with Gasteiger partial charge in [-0.25, -0.2) is 13.6 Å². The van der Waals surface area contributed by atoms with E-state index >= 15 is 0 Å². The number of anilines is 1. The molecule has 0 saturated carbocycles. The molecule has 24 heavy (non-hydrogen) atoms. The van der Waals surface area contributed by atoms with Crippen molar-refractivity contribution < 1.29 is 22.7 Å². The number of carbonyl (C=O) groups excluding carboxylic acids is 1. The van der Waals surface area contributed by atoms with E-state index in [0.717, 1.165) is 0 Å². The summed E-state index contributed by atoms with van der Waals surface area (Å²) in [6, 6.07) is 9.22. The molecule has 0 aliphatic rings. The second-order valence-electron chi connectivity index (χ2n) is 5.08. The van der Waals surface area contributed by atoms with Gasteiger partial charge in [0.25, 0.3) is 5.91 Å². The average Bonchev–Trinajstić information content (AvgIpc) is 2.54. The van der Waals surface area contributed by atoms with Crippen molar-refractivity contribution in [1.82, 2.24) is 0 Å². The maximum Gasteiger partial charge on any atom is 0.255 e. The molecule has 8 heteroatoms. The second-order valence-corrected chi connectivity index (χ2v) is 6.61. The molecule has 0 aromatic heterocycles. The van der Waals surface area contributed by atoms with Crippen LogP contribution in [0.1, 0.15) is 15.9 Å². The van der Waals surface area contributed by atoms with Crippen LogP contribution in [0, 0.1) is 6.92 Å². The Hall–Kier alpha value is -2.58. The van der Waals surface area contributed by atoms with Crippen LogP contribution in [0.3, 0.4) is 0 Å². The highest BCUT2D eigenvalue weighted by Gasteiger charge is 2.15. The number of hydrogen-bond acceptors (Lipinski definition) is 5. The zero-order valence-electron chi connectivity index (χ0n) is 13.5. The van der Waals surface area contributed by atoms with E-state index < -0.39 is 15.9 Å². The molecule has 0 unspecified atom stereocenters. The molecule has 0 aliphatic carbocycles. The summed E-state index contributed by atoms with van der Waals surface area (Å²) in [5.41, 5.74) is 1.12. The van der Waals surface area contributed by atoms with E-state index in [1.807, 2.05) is 0 Å². The third-order valence-corrected chi connectivity index (χ3v) is 4.42. The Bertz CT molecular complexity index is 856. The van der Waals surface area contributed by atoms with Gasteiger partial charge in [0.05, 0.1) is 19.1 Å². The Morgan fingerprint density at radius 2 is 1.62 bits per heavy atom. The molecule has 0 atom stereocenters. The number of amides is 1. The molecule has 0 fully saturated rings. The first-order valence-corrected chi connectivity index (χ1v) is 8.47. The lowest BCUT2D eigenvalue weighted by atomic mass is 10.1. The fourth-order valence-corrected chi connectivity index (χ4v) is 2.93. The van der Waals surface area contributed by atoms with Gasteiger partial charge in [-0.1, -0.05) is 6.07 Å². The Morgan fingerprint density at radius 3 is 2.12 bits per heavy atom. The molecule has 2 aromatic carbocycles. The maximum atomic E-state index is 12.4. The van der Waals surface area contributed by atoms with Gasteiger partial charge in [0.15, 0.2) is 0 Å². The molecule has 3 N–H and O–H groups in total. The predicted molar refractivity (Wildman–Crippen MR) is 90.1 cm³/mol. The summed E-state index contributed by atoms with van der Waals surface area (Å²) in [5, 5.41) is 7.80. The van der Waals surface area contributed by atoms with Crippen molar-refractivity contribution >= 4 is 21.6 Å². The summed E-state index contributed by atoms with van der Waals surface area (Å²) < 4.78 is 33.4. The number of nitrogens with one attached hydrogen (secondary N) is 1. The average molecular weight is 350 g/mol. The van der Waals surface area contributed by atoms with E-state index in [4.69, 9.17) is 14.6 Å². The number of carbonyl (C=O) groups is 1. The minimum absolute atomic E-state index is 0.0384. The number of aryl methyl sites for hydroxylation is 1. The van der Waals surface area contributed by atoms with E-state index in [1.54, 1.807) is 37.3 Å². The quantitative estimate of drug-likeness (QED) is 0.856. The number of rotatable bonds is 5. The third-order valence-electron chi connectivity index (χ3n) is 3.37. The third kappa shape index (κ3) is 4.03. The molecule has 0 bridgehead atoms. The van der Waals surface area contributed by atoms with E-state index in [1.165, 1.54) is 20.3 Å². The number of benzene rings is 2. The van der Waals surface area contributed by atoms with E-state index in [-0.39, 0.29) is 4.90 Å². The molecule has 2 rings (SSSR count). The molecule has 1 amide bonds. The van der Waals surface area contributed by atoms with Crippen LogP contribution >= 0.6 is 0 Å². The van der Waals surface area contributed by atoms with Crippen molar-refractivity contribution in [2.45, 2.75) is 11.8 Å². The standard InChI is InChI=1S/C16H18N2O5S/c1-10-4-5-12(8-15(10)24(17,20)21)18-16(19)11-6-13(22-2)9-14(7-11)23-3/h4-9H,1-3H3,(H,18,19)(H2,17,20,21). The van der Waals surface area contributed by atoms with Crippen molar-refractivity contribution in [3.63, 3.8) is 0 Å². The summed E-state index contributed by atoms with van der Waals surface area (Å²) in [7, 11) is -0.907. The fraction of sp³-hybridized carbons (Fsp3) is 0.188. The Labute approximate surface area is 140 Å². The molecule has 7 nitrogen and oxygen atoms in total. The minimum Gasteiger partial charge on any atom is -0.497 e. The van der Waals surface area contributed by atoms with E-state index in [9.17, 15) is 13.2 Å². The van der Waals surface area contributed by atoms with Crippen molar-refractivity contribution in [3.05, 3.63) is 47.5 Å². The summed E-state index contributed by atoms with van der Waals surface area (Å²) in [6.45, 7) is 1.62. The number of sulfonamides is 1. The monoisotopic (exact) mass is 350 g/mol. The highest BCUT2D eigenvalue weighted by molar-refractivity contribution is 7.89. The number of hydrogen-bond donors (Lipinski definition) is 2. The Morgan fingerprint density at radius 1 is 1.04 bits per heavy atom. The number of methoxy groups -OCH3 is 2. The van der Waals surface area contributed by atoms with Crippen LogP contribution in [0.2, 0.25) is 0 Å². The van der Waals surface area contributed by atoms with E-state index in [2.05, 4.69) is 5.32 Å². The molecule has 0 saturated heterocycles. The zero-order valence-corrected chi connectivity index (χ0v) is 14.3. The van der Waals surface area contributed by atoms with Crippen molar-refractivity contribution in [1.29, 1.82) is 0 Å². The van der Waals surface area contributed by atoms with Gasteiger partial charge in [-0.05, 0) is 36.8 Å². The molecule has 128 valence electrons. The second kappa shape index (κ2) is 6.90. The summed E-state index contributed by atoms with van der Waals surface area (Å²) >= 11 is 0. The maximum absolute atomic E-state index is 12.4. The Balaban J connectivity index is 2.34.